The van der Waals surface area contributed by atoms with E-state index in [1.165, 1.54) is 0 Å². The van der Waals surface area contributed by atoms with E-state index < -0.39 is 0 Å². The zero-order chi connectivity index (χ0) is 17.1. The lowest BCUT2D eigenvalue weighted by molar-refractivity contribution is -0.122. The molecule has 0 aliphatic heterocycles. The zero-order valence-electron chi connectivity index (χ0n) is 13.7. The number of carbonyl (C=O) groups excluding carboxylic acids is 1. The van der Waals surface area contributed by atoms with Gasteiger partial charge in [-0.3, -0.25) is 9.78 Å². The molecule has 0 aliphatic rings. The molecule has 0 aliphatic carbocycles. The Morgan fingerprint density at radius 2 is 2.08 bits per heavy atom. The second-order valence-corrected chi connectivity index (χ2v) is 7.17. The van der Waals surface area contributed by atoms with E-state index in [2.05, 4.69) is 10.3 Å². The molecule has 0 radical (unpaired) electrons. The first kappa shape index (κ1) is 16.5. The van der Waals surface area contributed by atoms with Gasteiger partial charge in [0.2, 0.25) is 5.91 Å². The van der Waals surface area contributed by atoms with Gasteiger partial charge in [0.1, 0.15) is 11.3 Å². The van der Waals surface area contributed by atoms with E-state index in [1.54, 1.807) is 17.5 Å². The Kier molecular flexibility index (Phi) is 4.81. The van der Waals surface area contributed by atoms with Gasteiger partial charge in [-0.1, -0.05) is 38.1 Å². The Labute approximate surface area is 145 Å². The molecule has 4 nitrogen and oxygen atoms in total. The minimum atomic E-state index is -0.373. The largest absolute Gasteiger partial charge is 0.505 e. The van der Waals surface area contributed by atoms with Crippen molar-refractivity contribution in [1.82, 2.24) is 10.3 Å². The zero-order valence-corrected chi connectivity index (χ0v) is 14.5. The van der Waals surface area contributed by atoms with E-state index in [1.807, 2.05) is 55.6 Å². The number of amides is 1. The first-order chi connectivity index (χ1) is 11.6. The molecular weight excluding hydrogens is 320 g/mol. The number of fused-ring (bicyclic) bond motifs is 1. The number of nitrogens with one attached hydrogen (secondary N) is 1. The normalized spacial score (nSPS) is 12.5. The highest BCUT2D eigenvalue weighted by Gasteiger charge is 2.22. The molecule has 2 aromatic heterocycles. The van der Waals surface area contributed by atoms with Crippen molar-refractivity contribution in [3.8, 4) is 5.75 Å². The molecule has 0 saturated carbocycles. The summed E-state index contributed by atoms with van der Waals surface area (Å²) in [6.45, 7) is 4.02. The van der Waals surface area contributed by atoms with Crippen LogP contribution in [0, 0.1) is 5.92 Å². The monoisotopic (exact) mass is 340 g/mol. The van der Waals surface area contributed by atoms with Gasteiger partial charge < -0.3 is 10.4 Å². The van der Waals surface area contributed by atoms with Crippen LogP contribution in [0.25, 0.3) is 10.9 Å². The van der Waals surface area contributed by atoms with E-state index in [0.717, 1.165) is 10.3 Å². The summed E-state index contributed by atoms with van der Waals surface area (Å²) in [6, 6.07) is 11.1. The van der Waals surface area contributed by atoms with Crippen molar-refractivity contribution in [3.05, 3.63) is 58.4 Å². The lowest BCUT2D eigenvalue weighted by Crippen LogP contribution is -2.29. The van der Waals surface area contributed by atoms with Crippen LogP contribution < -0.4 is 5.32 Å². The summed E-state index contributed by atoms with van der Waals surface area (Å²) in [7, 11) is 0. The number of carbonyl (C=O) groups is 1. The summed E-state index contributed by atoms with van der Waals surface area (Å²) >= 11 is 1.55. The van der Waals surface area contributed by atoms with Crippen LogP contribution in [0.4, 0.5) is 0 Å². The van der Waals surface area contributed by atoms with Gasteiger partial charge in [0.05, 0.1) is 6.04 Å². The van der Waals surface area contributed by atoms with Crippen LogP contribution in [0.5, 0.6) is 5.75 Å². The van der Waals surface area contributed by atoms with Crippen LogP contribution in [0.2, 0.25) is 0 Å². The van der Waals surface area contributed by atoms with Crippen molar-refractivity contribution >= 4 is 28.1 Å². The molecule has 0 saturated heterocycles. The Morgan fingerprint density at radius 1 is 1.25 bits per heavy atom. The van der Waals surface area contributed by atoms with Crippen molar-refractivity contribution < 1.29 is 9.90 Å². The van der Waals surface area contributed by atoms with E-state index >= 15 is 0 Å². The maximum atomic E-state index is 12.3. The molecule has 1 atom stereocenters. The van der Waals surface area contributed by atoms with Crippen LogP contribution in [-0.2, 0) is 4.79 Å². The second-order valence-electron chi connectivity index (χ2n) is 6.19. The third-order valence-corrected chi connectivity index (χ3v) is 4.75. The SMILES string of the molecule is CC(C)CC(=O)N[C@H](c1cccs1)c1ccc2cccnc2c1O. The minimum absolute atomic E-state index is 0.0242. The fourth-order valence-corrected chi connectivity index (χ4v) is 3.52. The quantitative estimate of drug-likeness (QED) is 0.730. The van der Waals surface area contributed by atoms with Crippen molar-refractivity contribution in [3.63, 3.8) is 0 Å². The molecule has 0 spiro atoms. The Balaban J connectivity index is 2.03. The molecule has 3 aromatic rings. The number of thiophene rings is 1. The number of aromatic hydroxyl groups is 1. The van der Waals surface area contributed by atoms with Gasteiger partial charge in [0.15, 0.2) is 0 Å². The Hall–Kier alpha value is -2.40. The Morgan fingerprint density at radius 3 is 2.79 bits per heavy atom. The number of rotatable bonds is 5. The minimum Gasteiger partial charge on any atom is -0.505 e. The summed E-state index contributed by atoms with van der Waals surface area (Å²) < 4.78 is 0. The van der Waals surface area contributed by atoms with Crippen molar-refractivity contribution in [2.45, 2.75) is 26.3 Å². The van der Waals surface area contributed by atoms with Crippen LogP contribution in [0.3, 0.4) is 0 Å². The molecule has 3 rings (SSSR count). The third-order valence-electron chi connectivity index (χ3n) is 3.82. The molecule has 124 valence electrons. The number of aromatic nitrogens is 1. The first-order valence-corrected chi connectivity index (χ1v) is 8.83. The van der Waals surface area contributed by atoms with Gasteiger partial charge in [0.25, 0.3) is 0 Å². The molecule has 5 heteroatoms. The van der Waals surface area contributed by atoms with E-state index in [4.69, 9.17) is 0 Å². The fraction of sp³-hybridized carbons (Fsp3) is 0.263. The lowest BCUT2D eigenvalue weighted by atomic mass is 10.0. The fourth-order valence-electron chi connectivity index (χ4n) is 2.73. The van der Waals surface area contributed by atoms with Gasteiger partial charge in [-0.15, -0.1) is 11.3 Å². The standard InChI is InChI=1S/C19H20N2O2S/c1-12(2)11-16(22)21-18(15-6-4-10-24-15)14-8-7-13-5-3-9-20-17(13)19(14)23/h3-10,12,18,23H,11H2,1-2H3,(H,21,22)/t18-/m0/s1. The number of phenols is 1. The predicted molar refractivity (Wildman–Crippen MR) is 97.2 cm³/mol. The molecule has 1 amide bonds. The molecule has 0 fully saturated rings. The second kappa shape index (κ2) is 7.01. The van der Waals surface area contributed by atoms with E-state index in [-0.39, 0.29) is 23.6 Å². The smallest absolute Gasteiger partial charge is 0.221 e. The van der Waals surface area contributed by atoms with Crippen molar-refractivity contribution in [1.29, 1.82) is 0 Å². The van der Waals surface area contributed by atoms with Gasteiger partial charge in [0, 0.05) is 28.4 Å². The number of hydrogen-bond acceptors (Lipinski definition) is 4. The maximum Gasteiger partial charge on any atom is 0.221 e. The molecule has 2 heterocycles. The number of pyridine rings is 1. The molecule has 2 N–H and O–H groups in total. The van der Waals surface area contributed by atoms with E-state index in [0.29, 0.717) is 17.5 Å². The van der Waals surface area contributed by atoms with Gasteiger partial charge in [-0.2, -0.15) is 0 Å². The van der Waals surface area contributed by atoms with Crippen molar-refractivity contribution in [2.75, 3.05) is 0 Å². The number of phenolic OH excluding ortho intramolecular Hbond substituents is 1. The average Bonchev–Trinajstić information content (AvgIpc) is 3.07. The molecule has 1 aromatic carbocycles. The molecule has 24 heavy (non-hydrogen) atoms. The summed E-state index contributed by atoms with van der Waals surface area (Å²) in [5.41, 5.74) is 1.22. The highest BCUT2D eigenvalue weighted by Crippen LogP contribution is 2.35. The number of nitrogens with zero attached hydrogens (tertiary/aromatic N) is 1. The maximum absolute atomic E-state index is 12.3. The third kappa shape index (κ3) is 3.41. The first-order valence-electron chi connectivity index (χ1n) is 7.95. The molecule has 0 unspecified atom stereocenters. The van der Waals surface area contributed by atoms with Gasteiger partial charge >= 0.3 is 0 Å². The summed E-state index contributed by atoms with van der Waals surface area (Å²) in [6.07, 6.45) is 2.11. The Bertz CT molecular complexity index is 844. The molecule has 0 bridgehead atoms. The highest BCUT2D eigenvalue weighted by molar-refractivity contribution is 7.10. The van der Waals surface area contributed by atoms with Crippen LogP contribution in [0.15, 0.2) is 48.0 Å². The van der Waals surface area contributed by atoms with Crippen LogP contribution >= 0.6 is 11.3 Å². The lowest BCUT2D eigenvalue weighted by Gasteiger charge is -2.20. The summed E-state index contributed by atoms with van der Waals surface area (Å²) in [5, 5.41) is 16.6. The summed E-state index contributed by atoms with van der Waals surface area (Å²) in [4.78, 5) is 17.6. The van der Waals surface area contributed by atoms with Crippen LogP contribution in [0.1, 0.15) is 36.8 Å². The highest BCUT2D eigenvalue weighted by atomic mass is 32.1. The summed E-state index contributed by atoms with van der Waals surface area (Å²) in [5.74, 6) is 0.376. The number of hydrogen-bond donors (Lipinski definition) is 2. The topological polar surface area (TPSA) is 62.2 Å². The van der Waals surface area contributed by atoms with Gasteiger partial charge in [-0.25, -0.2) is 0 Å². The average molecular weight is 340 g/mol. The van der Waals surface area contributed by atoms with Gasteiger partial charge in [-0.05, 0) is 23.4 Å². The van der Waals surface area contributed by atoms with E-state index in [9.17, 15) is 9.90 Å². The van der Waals surface area contributed by atoms with Crippen LogP contribution in [-0.4, -0.2) is 16.0 Å². The van der Waals surface area contributed by atoms with Crippen molar-refractivity contribution in [2.24, 2.45) is 5.92 Å². The number of benzene rings is 1. The predicted octanol–water partition coefficient (Wildman–Crippen LogP) is 4.25. The molecular formula is C19H20N2O2S.